The Morgan fingerprint density at radius 2 is 1.94 bits per heavy atom. The van der Waals surface area contributed by atoms with Crippen LogP contribution in [0.25, 0.3) is 0 Å². The van der Waals surface area contributed by atoms with Gasteiger partial charge in [0.25, 0.3) is 0 Å². The van der Waals surface area contributed by atoms with E-state index in [1.165, 1.54) is 5.56 Å². The highest BCUT2D eigenvalue weighted by Gasteiger charge is 2.11. The van der Waals surface area contributed by atoms with E-state index in [1.807, 2.05) is 19.1 Å². The van der Waals surface area contributed by atoms with E-state index in [1.54, 1.807) is 6.07 Å². The Labute approximate surface area is 104 Å². The Bertz CT molecular complexity index is 366. The van der Waals surface area contributed by atoms with Gasteiger partial charge in [-0.3, -0.25) is 0 Å². The molecule has 0 aliphatic rings. The number of rotatable bonds is 4. The van der Waals surface area contributed by atoms with Gasteiger partial charge in [-0.25, -0.2) is 4.39 Å². The second kappa shape index (κ2) is 5.63. The second-order valence-corrected chi connectivity index (χ2v) is 6.02. The van der Waals surface area contributed by atoms with Crippen molar-refractivity contribution in [1.82, 2.24) is 5.32 Å². The first-order chi connectivity index (χ1) is 7.78. The van der Waals surface area contributed by atoms with Gasteiger partial charge in [0.15, 0.2) is 0 Å². The first kappa shape index (κ1) is 14.2. The molecule has 1 rings (SSSR count). The molecule has 0 amide bonds. The van der Waals surface area contributed by atoms with Crippen molar-refractivity contribution in [1.29, 1.82) is 0 Å². The van der Waals surface area contributed by atoms with Crippen LogP contribution in [0.1, 0.15) is 38.8 Å². The number of hydrogen-bond donors (Lipinski definition) is 1. The molecule has 0 spiro atoms. The van der Waals surface area contributed by atoms with Crippen LogP contribution in [0.5, 0.6) is 0 Å². The lowest BCUT2D eigenvalue weighted by Crippen LogP contribution is -2.39. The zero-order valence-electron chi connectivity index (χ0n) is 11.6. The lowest BCUT2D eigenvalue weighted by Gasteiger charge is -2.23. The molecule has 0 radical (unpaired) electrons. The van der Waals surface area contributed by atoms with E-state index in [0.717, 1.165) is 18.5 Å². The van der Waals surface area contributed by atoms with Gasteiger partial charge in [-0.2, -0.15) is 0 Å². The summed E-state index contributed by atoms with van der Waals surface area (Å²) in [5.74, 6) is 0.438. The molecule has 96 valence electrons. The molecule has 0 saturated heterocycles. The third-order valence-corrected chi connectivity index (χ3v) is 2.79. The smallest absolute Gasteiger partial charge is 0.126 e. The highest BCUT2D eigenvalue weighted by molar-refractivity contribution is 5.24. The monoisotopic (exact) mass is 237 g/mol. The predicted molar refractivity (Wildman–Crippen MR) is 71.8 cm³/mol. The summed E-state index contributed by atoms with van der Waals surface area (Å²) in [7, 11) is 0. The van der Waals surface area contributed by atoms with Crippen LogP contribution in [0.2, 0.25) is 0 Å². The fourth-order valence-electron chi connectivity index (χ4n) is 1.79. The summed E-state index contributed by atoms with van der Waals surface area (Å²) in [5, 5.41) is 3.49. The van der Waals surface area contributed by atoms with E-state index in [4.69, 9.17) is 0 Å². The van der Waals surface area contributed by atoms with E-state index < -0.39 is 0 Å². The molecule has 1 unspecified atom stereocenters. The van der Waals surface area contributed by atoms with E-state index in [9.17, 15) is 4.39 Å². The maximum Gasteiger partial charge on any atom is 0.126 e. The first-order valence-electron chi connectivity index (χ1n) is 6.28. The van der Waals surface area contributed by atoms with Gasteiger partial charge >= 0.3 is 0 Å². The van der Waals surface area contributed by atoms with Crippen molar-refractivity contribution < 1.29 is 4.39 Å². The van der Waals surface area contributed by atoms with Crippen molar-refractivity contribution in [2.75, 3.05) is 6.54 Å². The average molecular weight is 237 g/mol. The van der Waals surface area contributed by atoms with Crippen molar-refractivity contribution in [3.63, 3.8) is 0 Å². The quantitative estimate of drug-likeness (QED) is 0.842. The van der Waals surface area contributed by atoms with Crippen LogP contribution in [-0.2, 0) is 6.42 Å². The van der Waals surface area contributed by atoms with Crippen molar-refractivity contribution in [2.45, 2.75) is 46.6 Å². The Balaban J connectivity index is 2.50. The zero-order chi connectivity index (χ0) is 13.1. The lowest BCUT2D eigenvalue weighted by molar-refractivity contribution is 0.381. The summed E-state index contributed by atoms with van der Waals surface area (Å²) < 4.78 is 13.1. The molecule has 0 heterocycles. The van der Waals surface area contributed by atoms with E-state index in [-0.39, 0.29) is 11.4 Å². The molecule has 0 aliphatic heterocycles. The third kappa shape index (κ3) is 5.31. The zero-order valence-corrected chi connectivity index (χ0v) is 11.6. The molecule has 1 aromatic rings. The molecule has 0 aliphatic carbocycles. The number of halogens is 1. The second-order valence-electron chi connectivity index (χ2n) is 6.02. The van der Waals surface area contributed by atoms with Crippen molar-refractivity contribution in [3.05, 3.63) is 35.1 Å². The summed E-state index contributed by atoms with van der Waals surface area (Å²) in [6, 6.07) is 5.40. The highest BCUT2D eigenvalue weighted by Crippen LogP contribution is 2.13. The number of hydrogen-bond acceptors (Lipinski definition) is 1. The van der Waals surface area contributed by atoms with Crippen molar-refractivity contribution in [3.8, 4) is 0 Å². The van der Waals surface area contributed by atoms with E-state index in [0.29, 0.717) is 5.92 Å². The standard InChI is InChI=1S/C15H24FN/c1-11(10-17-15(3,4)5)8-13-6-7-14(16)12(2)9-13/h6-7,9,11,17H,8,10H2,1-5H3. The van der Waals surface area contributed by atoms with Gasteiger partial charge in [0.05, 0.1) is 0 Å². The summed E-state index contributed by atoms with van der Waals surface area (Å²) in [6.45, 7) is 11.5. The Hall–Kier alpha value is -0.890. The summed E-state index contributed by atoms with van der Waals surface area (Å²) in [4.78, 5) is 0. The molecule has 0 fully saturated rings. The van der Waals surface area contributed by atoms with Gasteiger partial charge in [-0.15, -0.1) is 0 Å². The van der Waals surface area contributed by atoms with Crippen molar-refractivity contribution in [2.24, 2.45) is 5.92 Å². The number of aryl methyl sites for hydroxylation is 1. The Kier molecular flexibility index (Phi) is 4.70. The normalized spacial score (nSPS) is 13.8. The highest BCUT2D eigenvalue weighted by atomic mass is 19.1. The lowest BCUT2D eigenvalue weighted by atomic mass is 9.98. The summed E-state index contributed by atoms with van der Waals surface area (Å²) >= 11 is 0. The number of nitrogens with one attached hydrogen (secondary N) is 1. The van der Waals surface area contributed by atoms with Gasteiger partial charge in [0, 0.05) is 5.54 Å². The largest absolute Gasteiger partial charge is 0.312 e. The van der Waals surface area contributed by atoms with Crippen LogP contribution in [0, 0.1) is 18.7 Å². The molecule has 0 aromatic heterocycles. The molecule has 1 atom stereocenters. The Morgan fingerprint density at radius 1 is 1.29 bits per heavy atom. The minimum absolute atomic E-state index is 0.116. The Morgan fingerprint density at radius 3 is 2.47 bits per heavy atom. The molecule has 0 saturated carbocycles. The topological polar surface area (TPSA) is 12.0 Å². The molecule has 2 heteroatoms. The van der Waals surface area contributed by atoms with Gasteiger partial charge in [0.1, 0.15) is 5.82 Å². The maximum atomic E-state index is 13.1. The maximum absolute atomic E-state index is 13.1. The summed E-state index contributed by atoms with van der Waals surface area (Å²) in [5.41, 5.74) is 2.11. The SMILES string of the molecule is Cc1cc(CC(C)CNC(C)(C)C)ccc1F. The fraction of sp³-hybridized carbons (Fsp3) is 0.600. The molecule has 0 bridgehead atoms. The number of benzene rings is 1. The third-order valence-electron chi connectivity index (χ3n) is 2.79. The van der Waals surface area contributed by atoms with Gasteiger partial charge in [0.2, 0.25) is 0 Å². The van der Waals surface area contributed by atoms with Gasteiger partial charge < -0.3 is 5.32 Å². The van der Waals surface area contributed by atoms with Crippen LogP contribution >= 0.6 is 0 Å². The molecule has 17 heavy (non-hydrogen) atoms. The van der Waals surface area contributed by atoms with Gasteiger partial charge in [-0.05, 0) is 63.8 Å². The van der Waals surface area contributed by atoms with Gasteiger partial charge in [-0.1, -0.05) is 19.1 Å². The predicted octanol–water partition coefficient (Wildman–Crippen LogP) is 3.70. The first-order valence-corrected chi connectivity index (χ1v) is 6.28. The average Bonchev–Trinajstić information content (AvgIpc) is 2.20. The van der Waals surface area contributed by atoms with Crippen LogP contribution in [0.15, 0.2) is 18.2 Å². The molecule has 1 nitrogen and oxygen atoms in total. The molecular formula is C15H24FN. The van der Waals surface area contributed by atoms with Crippen molar-refractivity contribution >= 4 is 0 Å². The molecule has 1 aromatic carbocycles. The van der Waals surface area contributed by atoms with E-state index >= 15 is 0 Å². The summed E-state index contributed by atoms with van der Waals surface area (Å²) in [6.07, 6.45) is 0.990. The molecule has 1 N–H and O–H groups in total. The van der Waals surface area contributed by atoms with Crippen LogP contribution in [-0.4, -0.2) is 12.1 Å². The van der Waals surface area contributed by atoms with Crippen LogP contribution in [0.4, 0.5) is 4.39 Å². The van der Waals surface area contributed by atoms with E-state index in [2.05, 4.69) is 33.0 Å². The minimum Gasteiger partial charge on any atom is -0.312 e. The minimum atomic E-state index is -0.116. The molecular weight excluding hydrogens is 213 g/mol. The van der Waals surface area contributed by atoms with Crippen LogP contribution in [0.3, 0.4) is 0 Å². The van der Waals surface area contributed by atoms with Crippen LogP contribution < -0.4 is 5.32 Å². The fourth-order valence-corrected chi connectivity index (χ4v) is 1.79.